The molecule has 0 bridgehead atoms. The maximum Gasteiger partial charge on any atom is 0.222 e. The summed E-state index contributed by atoms with van der Waals surface area (Å²) in [4.78, 5) is 14.1. The minimum absolute atomic E-state index is 0.254. The maximum absolute atomic E-state index is 12.0. The van der Waals surface area contributed by atoms with Gasteiger partial charge in [0, 0.05) is 25.6 Å². The van der Waals surface area contributed by atoms with Gasteiger partial charge in [0.1, 0.15) is 0 Å². The number of likely N-dealkylation sites (tertiary alicyclic amines) is 1. The lowest BCUT2D eigenvalue weighted by Gasteiger charge is -2.30. The highest BCUT2D eigenvalue weighted by Gasteiger charge is 2.37. The lowest BCUT2D eigenvalue weighted by molar-refractivity contribution is -0.128. The Bertz CT molecular complexity index is 276. The molecule has 0 spiro atoms. The molecular formula is C14H26N2O. The fourth-order valence-electron chi connectivity index (χ4n) is 2.87. The minimum atomic E-state index is 0.254. The second kappa shape index (κ2) is 4.97. The molecule has 2 fully saturated rings. The van der Waals surface area contributed by atoms with Gasteiger partial charge in [0.2, 0.25) is 5.91 Å². The van der Waals surface area contributed by atoms with E-state index in [0.717, 1.165) is 26.1 Å². The van der Waals surface area contributed by atoms with E-state index < -0.39 is 0 Å². The molecule has 0 aromatic rings. The lowest BCUT2D eigenvalue weighted by atomic mass is 9.80. The van der Waals surface area contributed by atoms with Crippen molar-refractivity contribution in [3.8, 4) is 0 Å². The molecule has 0 saturated carbocycles. The summed E-state index contributed by atoms with van der Waals surface area (Å²) < 4.78 is 0. The zero-order valence-electron chi connectivity index (χ0n) is 11.5. The molecule has 0 aromatic carbocycles. The molecule has 0 aliphatic carbocycles. The van der Waals surface area contributed by atoms with E-state index in [2.05, 4.69) is 31.0 Å². The molecule has 3 heteroatoms. The monoisotopic (exact) mass is 238 g/mol. The van der Waals surface area contributed by atoms with Gasteiger partial charge in [-0.25, -0.2) is 0 Å². The van der Waals surface area contributed by atoms with Crippen LogP contribution in [0.3, 0.4) is 0 Å². The summed E-state index contributed by atoms with van der Waals surface area (Å²) in [6.07, 6.45) is 4.57. The van der Waals surface area contributed by atoms with E-state index in [1.807, 2.05) is 0 Å². The van der Waals surface area contributed by atoms with Crippen molar-refractivity contribution in [2.24, 2.45) is 11.3 Å². The third-order valence-electron chi connectivity index (χ3n) is 4.29. The zero-order chi connectivity index (χ0) is 12.5. The van der Waals surface area contributed by atoms with Gasteiger partial charge >= 0.3 is 0 Å². The van der Waals surface area contributed by atoms with E-state index in [-0.39, 0.29) is 5.41 Å². The number of carbonyl (C=O) groups is 1. The Hall–Kier alpha value is -0.570. The molecule has 2 unspecified atom stereocenters. The second-order valence-electron chi connectivity index (χ2n) is 6.71. The number of nitrogens with zero attached hydrogens (tertiary/aromatic N) is 1. The number of rotatable bonds is 2. The smallest absolute Gasteiger partial charge is 0.222 e. The van der Waals surface area contributed by atoms with Crippen LogP contribution in [-0.4, -0.2) is 36.5 Å². The summed E-state index contributed by atoms with van der Waals surface area (Å²) >= 11 is 0. The first-order valence-electron chi connectivity index (χ1n) is 6.98. The minimum Gasteiger partial charge on any atom is -0.341 e. The van der Waals surface area contributed by atoms with Gasteiger partial charge in [0.25, 0.3) is 0 Å². The van der Waals surface area contributed by atoms with E-state index in [4.69, 9.17) is 0 Å². The fourth-order valence-corrected chi connectivity index (χ4v) is 2.87. The Morgan fingerprint density at radius 1 is 1.35 bits per heavy atom. The summed E-state index contributed by atoms with van der Waals surface area (Å²) in [6.45, 7) is 9.73. The standard InChI is InChI=1S/C14H26N2O/c1-14(2,3)11-8-13(17)16(9-11)10-12-6-4-5-7-15-12/h11-12,15H,4-10H2,1-3H3. The molecule has 3 nitrogen and oxygen atoms in total. The van der Waals surface area contributed by atoms with Gasteiger partial charge in [-0.05, 0) is 30.7 Å². The summed E-state index contributed by atoms with van der Waals surface area (Å²) in [7, 11) is 0. The molecule has 2 rings (SSSR count). The molecule has 0 aromatic heterocycles. The first-order chi connectivity index (χ1) is 7.97. The van der Waals surface area contributed by atoms with E-state index >= 15 is 0 Å². The predicted molar refractivity (Wildman–Crippen MR) is 69.8 cm³/mol. The van der Waals surface area contributed by atoms with E-state index in [9.17, 15) is 4.79 Å². The van der Waals surface area contributed by atoms with E-state index in [1.165, 1.54) is 19.3 Å². The quantitative estimate of drug-likeness (QED) is 0.798. The Kier molecular flexibility index (Phi) is 3.76. The van der Waals surface area contributed by atoms with Crippen LogP contribution in [0, 0.1) is 11.3 Å². The Labute approximate surface area is 105 Å². The van der Waals surface area contributed by atoms with Gasteiger partial charge in [-0.3, -0.25) is 4.79 Å². The van der Waals surface area contributed by atoms with Crippen LogP contribution in [-0.2, 0) is 4.79 Å². The van der Waals surface area contributed by atoms with Gasteiger partial charge in [-0.2, -0.15) is 0 Å². The van der Waals surface area contributed by atoms with Crippen molar-refractivity contribution < 1.29 is 4.79 Å². The molecule has 2 heterocycles. The van der Waals surface area contributed by atoms with Crippen LogP contribution in [0.5, 0.6) is 0 Å². The highest BCUT2D eigenvalue weighted by molar-refractivity contribution is 5.78. The first-order valence-corrected chi connectivity index (χ1v) is 6.98. The van der Waals surface area contributed by atoms with Crippen molar-refractivity contribution in [2.75, 3.05) is 19.6 Å². The van der Waals surface area contributed by atoms with Crippen LogP contribution in [0.4, 0.5) is 0 Å². The van der Waals surface area contributed by atoms with Gasteiger partial charge in [0.15, 0.2) is 0 Å². The first kappa shape index (κ1) is 12.9. The molecule has 2 atom stereocenters. The average Bonchev–Trinajstić information content (AvgIpc) is 2.62. The average molecular weight is 238 g/mol. The van der Waals surface area contributed by atoms with E-state index in [0.29, 0.717) is 17.9 Å². The highest BCUT2D eigenvalue weighted by atomic mass is 16.2. The topological polar surface area (TPSA) is 32.3 Å². The summed E-state index contributed by atoms with van der Waals surface area (Å²) in [5, 5.41) is 3.53. The third-order valence-corrected chi connectivity index (χ3v) is 4.29. The molecule has 0 radical (unpaired) electrons. The number of hydrogen-bond acceptors (Lipinski definition) is 2. The van der Waals surface area contributed by atoms with Crippen molar-refractivity contribution in [3.63, 3.8) is 0 Å². The molecule has 17 heavy (non-hydrogen) atoms. The number of piperidine rings is 1. The number of amides is 1. The van der Waals surface area contributed by atoms with Crippen LogP contribution in [0.25, 0.3) is 0 Å². The lowest BCUT2D eigenvalue weighted by Crippen LogP contribution is -2.44. The van der Waals surface area contributed by atoms with Gasteiger partial charge in [-0.15, -0.1) is 0 Å². The molecule has 2 aliphatic rings. The molecule has 98 valence electrons. The second-order valence-corrected chi connectivity index (χ2v) is 6.71. The third kappa shape index (κ3) is 3.21. The SMILES string of the molecule is CC(C)(C)C1CC(=O)N(CC2CCCCN2)C1. The molecule has 1 N–H and O–H groups in total. The number of carbonyl (C=O) groups excluding carboxylic acids is 1. The van der Waals surface area contributed by atoms with Crippen molar-refractivity contribution in [1.29, 1.82) is 0 Å². The Balaban J connectivity index is 1.87. The summed E-state index contributed by atoms with van der Waals surface area (Å²) in [5.74, 6) is 0.885. The van der Waals surface area contributed by atoms with Crippen LogP contribution in [0.15, 0.2) is 0 Å². The number of hydrogen-bond donors (Lipinski definition) is 1. The zero-order valence-corrected chi connectivity index (χ0v) is 11.5. The number of nitrogens with one attached hydrogen (secondary N) is 1. The Morgan fingerprint density at radius 3 is 2.65 bits per heavy atom. The van der Waals surface area contributed by atoms with Crippen LogP contribution < -0.4 is 5.32 Å². The van der Waals surface area contributed by atoms with Crippen molar-refractivity contribution in [3.05, 3.63) is 0 Å². The van der Waals surface area contributed by atoms with Gasteiger partial charge < -0.3 is 10.2 Å². The van der Waals surface area contributed by atoms with Crippen molar-refractivity contribution in [2.45, 2.75) is 52.5 Å². The van der Waals surface area contributed by atoms with Gasteiger partial charge in [0.05, 0.1) is 0 Å². The highest BCUT2D eigenvalue weighted by Crippen LogP contribution is 2.34. The summed E-state index contributed by atoms with van der Waals surface area (Å²) in [5.41, 5.74) is 0.254. The largest absolute Gasteiger partial charge is 0.341 e. The normalized spacial score (nSPS) is 31.0. The van der Waals surface area contributed by atoms with E-state index in [1.54, 1.807) is 0 Å². The van der Waals surface area contributed by atoms with Crippen LogP contribution >= 0.6 is 0 Å². The van der Waals surface area contributed by atoms with Crippen molar-refractivity contribution >= 4 is 5.91 Å². The van der Waals surface area contributed by atoms with Gasteiger partial charge in [-0.1, -0.05) is 27.2 Å². The fraction of sp³-hybridized carbons (Fsp3) is 0.929. The molecular weight excluding hydrogens is 212 g/mol. The predicted octanol–water partition coefficient (Wildman–Crippen LogP) is 2.02. The molecule has 2 saturated heterocycles. The maximum atomic E-state index is 12.0. The molecule has 1 amide bonds. The summed E-state index contributed by atoms with van der Waals surface area (Å²) in [6, 6.07) is 0.534. The molecule has 2 aliphatic heterocycles. The van der Waals surface area contributed by atoms with Crippen LogP contribution in [0.2, 0.25) is 0 Å². The Morgan fingerprint density at radius 2 is 2.12 bits per heavy atom. The van der Waals surface area contributed by atoms with Crippen LogP contribution in [0.1, 0.15) is 46.5 Å². The van der Waals surface area contributed by atoms with Crippen molar-refractivity contribution in [1.82, 2.24) is 10.2 Å².